The van der Waals surface area contributed by atoms with Crippen LogP contribution in [0, 0.1) is 5.41 Å². The number of carbonyl (C=O) groups excluding carboxylic acids is 2. The summed E-state index contributed by atoms with van der Waals surface area (Å²) in [6.45, 7) is 3.07. The first-order chi connectivity index (χ1) is 12.4. The zero-order valence-electron chi connectivity index (χ0n) is 15.1. The summed E-state index contributed by atoms with van der Waals surface area (Å²) in [4.78, 5) is 37.2. The predicted molar refractivity (Wildman–Crippen MR) is 95.3 cm³/mol. The second-order valence-electron chi connectivity index (χ2n) is 6.65. The Morgan fingerprint density at radius 3 is 2.42 bits per heavy atom. The van der Waals surface area contributed by atoms with Crippen molar-refractivity contribution >= 4 is 17.8 Å². The lowest BCUT2D eigenvalue weighted by Crippen LogP contribution is -2.47. The largest absolute Gasteiger partial charge is 0.481 e. The van der Waals surface area contributed by atoms with E-state index in [0.717, 1.165) is 5.56 Å². The number of ether oxygens (including phenoxy) is 1. The molecule has 1 aliphatic heterocycles. The summed E-state index contributed by atoms with van der Waals surface area (Å²) < 4.78 is 5.22. The molecule has 0 bridgehead atoms. The molecule has 2 N–H and O–H groups in total. The van der Waals surface area contributed by atoms with Gasteiger partial charge in [0.15, 0.2) is 0 Å². The lowest BCUT2D eigenvalue weighted by atomic mass is 9.80. The highest BCUT2D eigenvalue weighted by molar-refractivity contribution is 5.80. The van der Waals surface area contributed by atoms with E-state index in [1.165, 1.54) is 6.92 Å². The molecule has 0 aliphatic carbocycles. The van der Waals surface area contributed by atoms with Gasteiger partial charge in [0.25, 0.3) is 0 Å². The van der Waals surface area contributed by atoms with Crippen LogP contribution in [-0.2, 0) is 25.7 Å². The van der Waals surface area contributed by atoms with Crippen LogP contribution >= 0.6 is 0 Å². The van der Waals surface area contributed by atoms with Crippen molar-refractivity contribution in [3.63, 3.8) is 0 Å². The molecule has 2 rings (SSSR count). The van der Waals surface area contributed by atoms with Gasteiger partial charge in [-0.2, -0.15) is 0 Å². The normalized spacial score (nSPS) is 15.9. The molecule has 0 spiro atoms. The van der Waals surface area contributed by atoms with E-state index in [2.05, 4.69) is 5.32 Å². The Labute approximate surface area is 153 Å². The molecule has 1 aliphatic rings. The number of hydrogen-bond acceptors (Lipinski definition) is 4. The van der Waals surface area contributed by atoms with E-state index in [0.29, 0.717) is 39.1 Å². The summed E-state index contributed by atoms with van der Waals surface area (Å²) in [7, 11) is 0. The highest BCUT2D eigenvalue weighted by Crippen LogP contribution is 2.30. The summed E-state index contributed by atoms with van der Waals surface area (Å²) in [6.07, 6.45) is 0.908. The zero-order valence-corrected chi connectivity index (χ0v) is 15.1. The van der Waals surface area contributed by atoms with Gasteiger partial charge in [-0.15, -0.1) is 0 Å². The topological polar surface area (TPSA) is 95.9 Å². The van der Waals surface area contributed by atoms with Gasteiger partial charge in [-0.3, -0.25) is 14.4 Å². The van der Waals surface area contributed by atoms with Crippen molar-refractivity contribution in [2.75, 3.05) is 26.3 Å². The molecule has 1 aromatic carbocycles. The Balaban J connectivity index is 1.84. The first-order valence-electron chi connectivity index (χ1n) is 8.80. The third kappa shape index (κ3) is 5.56. The fraction of sp³-hybridized carbons (Fsp3) is 0.526. The quantitative estimate of drug-likeness (QED) is 0.729. The van der Waals surface area contributed by atoms with E-state index in [-0.39, 0.29) is 24.8 Å². The van der Waals surface area contributed by atoms with Crippen LogP contribution in [0.4, 0.5) is 0 Å². The number of aliphatic carboxylic acids is 1. The molecule has 0 radical (unpaired) electrons. The SMILES string of the molecule is CC(=O)N(CCC(=O)NCC1(C(=O)O)CCOCC1)Cc1ccccc1. The lowest BCUT2D eigenvalue weighted by molar-refractivity contribution is -0.154. The maximum Gasteiger partial charge on any atom is 0.311 e. The molecule has 1 fully saturated rings. The number of rotatable bonds is 8. The second-order valence-corrected chi connectivity index (χ2v) is 6.65. The average Bonchev–Trinajstić information content (AvgIpc) is 2.64. The molecule has 0 saturated carbocycles. The standard InChI is InChI=1S/C19H26N2O5/c1-15(22)21(13-16-5-3-2-4-6-16)10-7-17(23)20-14-19(18(24)25)8-11-26-12-9-19/h2-6H,7-14H2,1H3,(H,20,23)(H,24,25). The van der Waals surface area contributed by atoms with E-state index in [9.17, 15) is 19.5 Å². The molecule has 1 saturated heterocycles. The van der Waals surface area contributed by atoms with E-state index < -0.39 is 11.4 Å². The van der Waals surface area contributed by atoms with Crippen molar-refractivity contribution in [3.8, 4) is 0 Å². The van der Waals surface area contributed by atoms with Gasteiger partial charge < -0.3 is 20.1 Å². The molecule has 26 heavy (non-hydrogen) atoms. The number of benzene rings is 1. The highest BCUT2D eigenvalue weighted by atomic mass is 16.5. The van der Waals surface area contributed by atoms with Gasteiger partial charge in [0, 0.05) is 46.2 Å². The van der Waals surface area contributed by atoms with Crippen molar-refractivity contribution in [1.29, 1.82) is 0 Å². The molecule has 1 aromatic rings. The van der Waals surface area contributed by atoms with Crippen molar-refractivity contribution in [2.24, 2.45) is 5.41 Å². The molecular formula is C19H26N2O5. The maximum atomic E-state index is 12.2. The fourth-order valence-corrected chi connectivity index (χ4v) is 2.97. The Morgan fingerprint density at radius 1 is 1.19 bits per heavy atom. The van der Waals surface area contributed by atoms with Crippen LogP contribution in [0.15, 0.2) is 30.3 Å². The number of carboxylic acid groups (broad SMARTS) is 1. The van der Waals surface area contributed by atoms with Crippen LogP contribution in [0.1, 0.15) is 31.7 Å². The first-order valence-corrected chi connectivity index (χ1v) is 8.80. The van der Waals surface area contributed by atoms with Crippen LogP contribution in [0.25, 0.3) is 0 Å². The van der Waals surface area contributed by atoms with Gasteiger partial charge in [0.1, 0.15) is 0 Å². The molecule has 142 valence electrons. The Morgan fingerprint density at radius 2 is 1.85 bits per heavy atom. The fourth-order valence-electron chi connectivity index (χ4n) is 2.97. The molecule has 0 unspecified atom stereocenters. The van der Waals surface area contributed by atoms with E-state index in [1.807, 2.05) is 30.3 Å². The van der Waals surface area contributed by atoms with Crippen LogP contribution in [0.3, 0.4) is 0 Å². The highest BCUT2D eigenvalue weighted by Gasteiger charge is 2.40. The minimum absolute atomic E-state index is 0.0866. The molecule has 0 atom stereocenters. The van der Waals surface area contributed by atoms with E-state index in [1.54, 1.807) is 4.90 Å². The van der Waals surface area contributed by atoms with Gasteiger partial charge in [0.05, 0.1) is 5.41 Å². The third-order valence-electron chi connectivity index (χ3n) is 4.80. The van der Waals surface area contributed by atoms with Crippen LogP contribution in [0.2, 0.25) is 0 Å². The summed E-state index contributed by atoms with van der Waals surface area (Å²) in [6, 6.07) is 9.57. The van der Waals surface area contributed by atoms with Gasteiger partial charge in [-0.05, 0) is 18.4 Å². The van der Waals surface area contributed by atoms with Crippen molar-refractivity contribution < 1.29 is 24.2 Å². The maximum absolute atomic E-state index is 12.2. The van der Waals surface area contributed by atoms with Crippen LogP contribution < -0.4 is 5.32 Å². The van der Waals surface area contributed by atoms with Crippen molar-refractivity contribution in [1.82, 2.24) is 10.2 Å². The lowest BCUT2D eigenvalue weighted by Gasteiger charge is -2.33. The van der Waals surface area contributed by atoms with Crippen LogP contribution in [-0.4, -0.2) is 54.1 Å². The Kier molecular flexibility index (Phi) is 7.15. The Bertz CT molecular complexity index is 626. The predicted octanol–water partition coefficient (Wildman–Crippen LogP) is 1.42. The first kappa shape index (κ1) is 19.9. The summed E-state index contributed by atoms with van der Waals surface area (Å²) in [5, 5.41) is 12.2. The van der Waals surface area contributed by atoms with E-state index in [4.69, 9.17) is 4.74 Å². The minimum atomic E-state index is -0.960. The molecule has 7 heteroatoms. The summed E-state index contributed by atoms with van der Waals surface area (Å²) in [5.74, 6) is -1.26. The number of nitrogens with one attached hydrogen (secondary N) is 1. The molecule has 1 heterocycles. The average molecular weight is 362 g/mol. The van der Waals surface area contributed by atoms with Crippen LogP contribution in [0.5, 0.6) is 0 Å². The zero-order chi connectivity index (χ0) is 19.0. The van der Waals surface area contributed by atoms with Crippen molar-refractivity contribution in [3.05, 3.63) is 35.9 Å². The van der Waals surface area contributed by atoms with Gasteiger partial charge in [-0.25, -0.2) is 0 Å². The number of carboxylic acids is 1. The number of hydrogen-bond donors (Lipinski definition) is 2. The Hall–Kier alpha value is -2.41. The van der Waals surface area contributed by atoms with E-state index >= 15 is 0 Å². The minimum Gasteiger partial charge on any atom is -0.481 e. The molecule has 2 amide bonds. The number of carbonyl (C=O) groups is 3. The van der Waals surface area contributed by atoms with Gasteiger partial charge >= 0.3 is 5.97 Å². The van der Waals surface area contributed by atoms with Gasteiger partial charge in [-0.1, -0.05) is 30.3 Å². The molecule has 7 nitrogen and oxygen atoms in total. The molecule has 0 aromatic heterocycles. The van der Waals surface area contributed by atoms with Crippen molar-refractivity contribution in [2.45, 2.75) is 32.7 Å². The summed E-state index contributed by atoms with van der Waals surface area (Å²) in [5.41, 5.74) is 0.0354. The number of nitrogens with zero attached hydrogens (tertiary/aromatic N) is 1. The number of amides is 2. The third-order valence-corrected chi connectivity index (χ3v) is 4.80. The summed E-state index contributed by atoms with van der Waals surface area (Å²) >= 11 is 0. The second kappa shape index (κ2) is 9.33. The van der Waals surface area contributed by atoms with Gasteiger partial charge in [0.2, 0.25) is 11.8 Å². The monoisotopic (exact) mass is 362 g/mol. The smallest absolute Gasteiger partial charge is 0.311 e. The molecular weight excluding hydrogens is 336 g/mol.